The number of allylic oxidation sites excluding steroid dienone is 1. The number of carbonyl (C=O) groups is 2. The van der Waals surface area contributed by atoms with Gasteiger partial charge >= 0.3 is 5.97 Å². The summed E-state index contributed by atoms with van der Waals surface area (Å²) in [6.07, 6.45) is 7.77. The summed E-state index contributed by atoms with van der Waals surface area (Å²) < 4.78 is 10.6. The van der Waals surface area contributed by atoms with Crippen LogP contribution in [0.15, 0.2) is 11.6 Å². The average Bonchev–Trinajstić information content (AvgIpc) is 2.71. The van der Waals surface area contributed by atoms with E-state index in [4.69, 9.17) is 4.43 Å². The molecule has 1 aliphatic carbocycles. The van der Waals surface area contributed by atoms with Gasteiger partial charge in [-0.3, -0.25) is 9.59 Å². The number of ketones is 1. The standard InChI is InChI=1S/C16H28O4Si/c1-19-16(18)10-8-6-5-7-9-13-11-14(12-15(13)17)20-21(2,3)4/h11,14H,5-10,12H2,1-4H3. The zero-order valence-electron chi connectivity index (χ0n) is 13.7. The molecule has 0 aromatic heterocycles. The Morgan fingerprint density at radius 2 is 1.90 bits per heavy atom. The van der Waals surface area contributed by atoms with Crippen LogP contribution in [0.3, 0.4) is 0 Å². The number of Topliss-reactive ketones (excluding diaryl/α,β-unsaturated/α-hetero) is 1. The van der Waals surface area contributed by atoms with Crippen LogP contribution in [0.1, 0.15) is 44.9 Å². The molecule has 0 spiro atoms. The quantitative estimate of drug-likeness (QED) is 0.371. The lowest BCUT2D eigenvalue weighted by Gasteiger charge is -2.21. The fourth-order valence-electron chi connectivity index (χ4n) is 2.48. The second-order valence-electron chi connectivity index (χ2n) is 6.58. The minimum atomic E-state index is -1.59. The van der Waals surface area contributed by atoms with E-state index in [2.05, 4.69) is 24.4 Å². The number of rotatable bonds is 9. The van der Waals surface area contributed by atoms with Gasteiger partial charge in [0.15, 0.2) is 14.1 Å². The molecule has 0 aromatic carbocycles. The molecule has 1 aliphatic rings. The molecule has 5 heteroatoms. The third-order valence-corrected chi connectivity index (χ3v) is 4.45. The first kappa shape index (κ1) is 18.1. The van der Waals surface area contributed by atoms with Gasteiger partial charge < -0.3 is 9.16 Å². The Bertz CT molecular complexity index is 396. The molecule has 0 fully saturated rings. The van der Waals surface area contributed by atoms with E-state index < -0.39 is 8.32 Å². The molecule has 0 radical (unpaired) electrons. The Labute approximate surface area is 129 Å². The molecular formula is C16H28O4Si. The summed E-state index contributed by atoms with van der Waals surface area (Å²) in [6, 6.07) is 0. The lowest BCUT2D eigenvalue weighted by atomic mass is 10.0. The summed E-state index contributed by atoms with van der Waals surface area (Å²) in [5, 5.41) is 0. The van der Waals surface area contributed by atoms with Crippen LogP contribution in [-0.2, 0) is 18.8 Å². The number of carbonyl (C=O) groups excluding carboxylic acids is 2. The molecule has 0 bridgehead atoms. The first-order valence-electron chi connectivity index (χ1n) is 7.80. The topological polar surface area (TPSA) is 52.6 Å². The van der Waals surface area contributed by atoms with Crippen LogP contribution in [0, 0.1) is 0 Å². The first-order valence-corrected chi connectivity index (χ1v) is 11.2. The van der Waals surface area contributed by atoms with E-state index in [-0.39, 0.29) is 17.9 Å². The SMILES string of the molecule is COC(=O)CCCCCCC1=CC(O[Si](C)(C)C)CC1=O. The van der Waals surface area contributed by atoms with Crippen molar-refractivity contribution in [3.8, 4) is 0 Å². The predicted molar refractivity (Wildman–Crippen MR) is 85.6 cm³/mol. The van der Waals surface area contributed by atoms with E-state index in [1.54, 1.807) is 0 Å². The third-order valence-electron chi connectivity index (χ3n) is 3.44. The number of hydrogen-bond donors (Lipinski definition) is 0. The van der Waals surface area contributed by atoms with Crippen molar-refractivity contribution >= 4 is 20.1 Å². The van der Waals surface area contributed by atoms with Crippen molar-refractivity contribution in [1.29, 1.82) is 0 Å². The maximum Gasteiger partial charge on any atom is 0.305 e. The number of esters is 1. The van der Waals surface area contributed by atoms with Crippen molar-refractivity contribution < 1.29 is 18.8 Å². The third kappa shape index (κ3) is 7.57. The van der Waals surface area contributed by atoms with E-state index >= 15 is 0 Å². The van der Waals surface area contributed by atoms with Gasteiger partial charge in [-0.2, -0.15) is 0 Å². The highest BCUT2D eigenvalue weighted by atomic mass is 28.4. The summed E-state index contributed by atoms with van der Waals surface area (Å²) in [6.45, 7) is 6.43. The van der Waals surface area contributed by atoms with Crippen molar-refractivity contribution in [1.82, 2.24) is 0 Å². The van der Waals surface area contributed by atoms with Crippen LogP contribution in [0.2, 0.25) is 19.6 Å². The zero-order valence-corrected chi connectivity index (χ0v) is 14.7. The van der Waals surface area contributed by atoms with Gasteiger partial charge in [0.2, 0.25) is 0 Å². The van der Waals surface area contributed by atoms with Gasteiger partial charge in [0.25, 0.3) is 0 Å². The van der Waals surface area contributed by atoms with Crippen molar-refractivity contribution in [3.63, 3.8) is 0 Å². The van der Waals surface area contributed by atoms with Crippen LogP contribution < -0.4 is 0 Å². The van der Waals surface area contributed by atoms with Crippen molar-refractivity contribution in [3.05, 3.63) is 11.6 Å². The Morgan fingerprint density at radius 1 is 1.24 bits per heavy atom. The van der Waals surface area contributed by atoms with Gasteiger partial charge in [-0.25, -0.2) is 0 Å². The maximum absolute atomic E-state index is 11.9. The second kappa shape index (κ2) is 8.49. The minimum Gasteiger partial charge on any atom is -0.469 e. The van der Waals surface area contributed by atoms with Gasteiger partial charge in [-0.15, -0.1) is 0 Å². The minimum absolute atomic E-state index is 0.00140. The molecule has 120 valence electrons. The highest BCUT2D eigenvalue weighted by molar-refractivity contribution is 6.69. The predicted octanol–water partition coefficient (Wildman–Crippen LogP) is 3.62. The Kier molecular flexibility index (Phi) is 7.32. The first-order chi connectivity index (χ1) is 9.81. The molecule has 0 heterocycles. The van der Waals surface area contributed by atoms with Crippen LogP contribution in [0.4, 0.5) is 0 Å². The summed E-state index contributed by atoms with van der Waals surface area (Å²) >= 11 is 0. The van der Waals surface area contributed by atoms with E-state index in [0.29, 0.717) is 12.8 Å². The van der Waals surface area contributed by atoms with Gasteiger partial charge in [0.1, 0.15) is 0 Å². The maximum atomic E-state index is 11.9. The Balaban J connectivity index is 2.21. The lowest BCUT2D eigenvalue weighted by molar-refractivity contribution is -0.140. The largest absolute Gasteiger partial charge is 0.469 e. The van der Waals surface area contributed by atoms with Crippen LogP contribution in [0.5, 0.6) is 0 Å². The molecule has 0 amide bonds. The monoisotopic (exact) mass is 312 g/mol. The normalized spacial score (nSPS) is 18.8. The average molecular weight is 312 g/mol. The fourth-order valence-corrected chi connectivity index (χ4v) is 3.54. The number of methoxy groups -OCH3 is 1. The highest BCUT2D eigenvalue weighted by Crippen LogP contribution is 2.25. The molecular weight excluding hydrogens is 284 g/mol. The van der Waals surface area contributed by atoms with Crippen LogP contribution >= 0.6 is 0 Å². The molecule has 1 rings (SSSR count). The van der Waals surface area contributed by atoms with Crippen LogP contribution in [0.25, 0.3) is 0 Å². The number of unbranched alkanes of at least 4 members (excludes halogenated alkanes) is 3. The molecule has 1 unspecified atom stereocenters. The zero-order chi connectivity index (χ0) is 15.9. The van der Waals surface area contributed by atoms with E-state index in [1.807, 2.05) is 6.08 Å². The molecule has 0 aliphatic heterocycles. The molecule has 21 heavy (non-hydrogen) atoms. The Morgan fingerprint density at radius 3 is 2.52 bits per heavy atom. The molecule has 0 aromatic rings. The highest BCUT2D eigenvalue weighted by Gasteiger charge is 2.28. The summed E-state index contributed by atoms with van der Waals surface area (Å²) in [4.78, 5) is 22.9. The molecule has 0 saturated carbocycles. The van der Waals surface area contributed by atoms with E-state index in [1.165, 1.54) is 7.11 Å². The van der Waals surface area contributed by atoms with Gasteiger partial charge in [0, 0.05) is 12.8 Å². The van der Waals surface area contributed by atoms with Crippen LogP contribution in [-0.4, -0.2) is 33.3 Å². The van der Waals surface area contributed by atoms with E-state index in [9.17, 15) is 9.59 Å². The summed E-state index contributed by atoms with van der Waals surface area (Å²) in [7, 11) is -0.169. The summed E-state index contributed by atoms with van der Waals surface area (Å²) in [5.74, 6) is 0.0998. The van der Waals surface area contributed by atoms with Crippen molar-refractivity contribution in [2.24, 2.45) is 0 Å². The summed E-state index contributed by atoms with van der Waals surface area (Å²) in [5.41, 5.74) is 0.936. The lowest BCUT2D eigenvalue weighted by Crippen LogP contribution is -2.30. The van der Waals surface area contributed by atoms with Crippen molar-refractivity contribution in [2.75, 3.05) is 7.11 Å². The molecule has 1 atom stereocenters. The molecule has 0 N–H and O–H groups in total. The number of ether oxygens (including phenoxy) is 1. The smallest absolute Gasteiger partial charge is 0.305 e. The van der Waals surface area contributed by atoms with Gasteiger partial charge in [0.05, 0.1) is 13.2 Å². The molecule has 4 nitrogen and oxygen atoms in total. The molecule has 0 saturated heterocycles. The second-order valence-corrected chi connectivity index (χ2v) is 11.0. The number of hydrogen-bond acceptors (Lipinski definition) is 4. The van der Waals surface area contributed by atoms with Gasteiger partial charge in [-0.05, 0) is 50.6 Å². The fraction of sp³-hybridized carbons (Fsp3) is 0.750. The van der Waals surface area contributed by atoms with Crippen molar-refractivity contribution in [2.45, 2.75) is 70.7 Å². The van der Waals surface area contributed by atoms with E-state index in [0.717, 1.165) is 37.7 Å². The Hall–Kier alpha value is -0.943. The van der Waals surface area contributed by atoms with Gasteiger partial charge in [-0.1, -0.05) is 12.8 Å².